The fourth-order valence-electron chi connectivity index (χ4n) is 2.57. The standard InChI is InChI=1S/C16H19NOS2.ClH/c1(5-17-6-8-18-9-7-17)2-16(14-3-10-19-12-14)15-4-11-20-13-15;/h2-4,10-13H,1,5-9H2;1H. The number of thiophene rings is 2. The van der Waals surface area contributed by atoms with Crippen LogP contribution in [0, 0.1) is 0 Å². The summed E-state index contributed by atoms with van der Waals surface area (Å²) >= 11 is 3.54. The molecule has 114 valence electrons. The molecule has 1 N–H and O–H groups in total. The van der Waals surface area contributed by atoms with Gasteiger partial charge in [0.25, 0.3) is 0 Å². The van der Waals surface area contributed by atoms with Crippen molar-refractivity contribution in [1.82, 2.24) is 0 Å². The van der Waals surface area contributed by atoms with Crippen molar-refractivity contribution in [3.8, 4) is 0 Å². The lowest BCUT2D eigenvalue weighted by molar-refractivity contribution is -0.907. The fourth-order valence-corrected chi connectivity index (χ4v) is 3.88. The van der Waals surface area contributed by atoms with Gasteiger partial charge in [-0.05, 0) is 50.4 Å². The Kier molecular flexibility index (Phi) is 6.93. The number of halogens is 1. The number of morpholine rings is 1. The molecule has 0 amide bonds. The van der Waals surface area contributed by atoms with E-state index in [1.54, 1.807) is 27.6 Å². The zero-order chi connectivity index (χ0) is 13.6. The maximum atomic E-state index is 5.41. The van der Waals surface area contributed by atoms with E-state index in [9.17, 15) is 0 Å². The average molecular weight is 342 g/mol. The highest BCUT2D eigenvalue weighted by atomic mass is 35.5. The summed E-state index contributed by atoms with van der Waals surface area (Å²) in [6, 6.07) is 4.44. The van der Waals surface area contributed by atoms with Crippen LogP contribution in [-0.2, 0) is 4.74 Å². The highest BCUT2D eigenvalue weighted by molar-refractivity contribution is 7.08. The second-order valence-corrected chi connectivity index (χ2v) is 6.60. The highest BCUT2D eigenvalue weighted by Gasteiger charge is 2.13. The van der Waals surface area contributed by atoms with Crippen molar-refractivity contribution in [2.45, 2.75) is 6.42 Å². The Labute approximate surface area is 140 Å². The van der Waals surface area contributed by atoms with Crippen LogP contribution in [0.5, 0.6) is 0 Å². The van der Waals surface area contributed by atoms with E-state index in [0.717, 1.165) is 32.7 Å². The summed E-state index contributed by atoms with van der Waals surface area (Å²) in [6.07, 6.45) is 3.54. The lowest BCUT2D eigenvalue weighted by Gasteiger charge is -2.23. The lowest BCUT2D eigenvalue weighted by atomic mass is 10.0. The van der Waals surface area contributed by atoms with Gasteiger partial charge >= 0.3 is 0 Å². The zero-order valence-corrected chi connectivity index (χ0v) is 14.3. The monoisotopic (exact) mass is 341 g/mol. The molecule has 0 aliphatic carbocycles. The second-order valence-electron chi connectivity index (χ2n) is 5.04. The normalized spacial score (nSPS) is 15.4. The first-order chi connectivity index (χ1) is 9.93. The number of hydrogen-bond donors (Lipinski definition) is 1. The zero-order valence-electron chi connectivity index (χ0n) is 11.9. The van der Waals surface area contributed by atoms with E-state index in [1.165, 1.54) is 23.2 Å². The molecule has 2 aromatic rings. The van der Waals surface area contributed by atoms with Crippen LogP contribution in [0.2, 0.25) is 0 Å². The molecule has 3 rings (SSSR count). The van der Waals surface area contributed by atoms with Gasteiger partial charge < -0.3 is 22.0 Å². The van der Waals surface area contributed by atoms with Crippen LogP contribution in [0.15, 0.2) is 39.7 Å². The molecule has 0 atom stereocenters. The quantitative estimate of drug-likeness (QED) is 0.778. The third-order valence-electron chi connectivity index (χ3n) is 3.71. The molecular formula is C16H20ClNOS2. The van der Waals surface area contributed by atoms with E-state index in [4.69, 9.17) is 4.74 Å². The summed E-state index contributed by atoms with van der Waals surface area (Å²) in [4.78, 5) is 1.67. The van der Waals surface area contributed by atoms with E-state index in [0.29, 0.717) is 0 Å². The van der Waals surface area contributed by atoms with Crippen LogP contribution in [0.3, 0.4) is 0 Å². The first-order valence-corrected chi connectivity index (χ1v) is 8.98. The summed E-state index contributed by atoms with van der Waals surface area (Å²) in [5.41, 5.74) is 4.09. The molecule has 3 heterocycles. The van der Waals surface area contributed by atoms with Gasteiger partial charge in [0.2, 0.25) is 0 Å². The number of ether oxygens (including phenoxy) is 1. The Morgan fingerprint density at radius 2 is 1.71 bits per heavy atom. The van der Waals surface area contributed by atoms with E-state index >= 15 is 0 Å². The van der Waals surface area contributed by atoms with Crippen molar-refractivity contribution in [3.05, 3.63) is 50.9 Å². The molecule has 5 heteroatoms. The second kappa shape index (κ2) is 8.71. The van der Waals surface area contributed by atoms with Gasteiger partial charge in [0.15, 0.2) is 0 Å². The van der Waals surface area contributed by atoms with Crippen molar-refractivity contribution in [2.24, 2.45) is 0 Å². The SMILES string of the molecule is C(CC[NH+]1CCOCC1)=C(c1ccsc1)c1ccsc1.[Cl-]. The molecule has 0 radical (unpaired) electrons. The van der Waals surface area contributed by atoms with Gasteiger partial charge in [-0.25, -0.2) is 0 Å². The smallest absolute Gasteiger partial charge is 0.101 e. The Bertz CT molecular complexity index is 494. The Morgan fingerprint density at radius 3 is 2.24 bits per heavy atom. The van der Waals surface area contributed by atoms with E-state index < -0.39 is 0 Å². The van der Waals surface area contributed by atoms with Crippen molar-refractivity contribution in [3.63, 3.8) is 0 Å². The molecule has 1 saturated heterocycles. The minimum absolute atomic E-state index is 0. The van der Waals surface area contributed by atoms with Gasteiger partial charge in [0, 0.05) is 6.42 Å². The molecular weight excluding hydrogens is 322 g/mol. The molecule has 2 nitrogen and oxygen atoms in total. The average Bonchev–Trinajstić information content (AvgIpc) is 3.18. The Morgan fingerprint density at radius 1 is 1.10 bits per heavy atom. The molecule has 0 unspecified atom stereocenters. The van der Waals surface area contributed by atoms with Gasteiger partial charge in [-0.15, -0.1) is 0 Å². The van der Waals surface area contributed by atoms with Gasteiger partial charge in [-0.3, -0.25) is 0 Å². The summed E-state index contributed by atoms with van der Waals surface area (Å²) in [5, 5.41) is 8.79. The molecule has 1 aliphatic heterocycles. The van der Waals surface area contributed by atoms with Gasteiger partial charge in [0.1, 0.15) is 13.1 Å². The van der Waals surface area contributed by atoms with E-state index in [-0.39, 0.29) is 12.4 Å². The number of quaternary nitrogens is 1. The summed E-state index contributed by atoms with van der Waals surface area (Å²) in [7, 11) is 0. The lowest BCUT2D eigenvalue weighted by Crippen LogP contribution is -3.14. The first-order valence-electron chi connectivity index (χ1n) is 7.10. The fraction of sp³-hybridized carbons (Fsp3) is 0.375. The third kappa shape index (κ3) is 4.66. The Balaban J connectivity index is 0.00000161. The van der Waals surface area contributed by atoms with Crippen LogP contribution in [0.4, 0.5) is 0 Å². The summed E-state index contributed by atoms with van der Waals surface area (Å²) in [5.74, 6) is 0. The predicted molar refractivity (Wildman–Crippen MR) is 86.7 cm³/mol. The summed E-state index contributed by atoms with van der Waals surface area (Å²) in [6.45, 7) is 5.35. The van der Waals surface area contributed by atoms with Crippen LogP contribution in [0.1, 0.15) is 17.5 Å². The molecule has 1 fully saturated rings. The van der Waals surface area contributed by atoms with Crippen molar-refractivity contribution in [2.75, 3.05) is 32.8 Å². The van der Waals surface area contributed by atoms with Crippen LogP contribution >= 0.6 is 22.7 Å². The predicted octanol–water partition coefficient (Wildman–Crippen LogP) is -0.449. The van der Waals surface area contributed by atoms with Crippen LogP contribution < -0.4 is 17.3 Å². The van der Waals surface area contributed by atoms with E-state index in [1.807, 2.05) is 0 Å². The van der Waals surface area contributed by atoms with Crippen molar-refractivity contribution < 1.29 is 22.0 Å². The van der Waals surface area contributed by atoms with Crippen molar-refractivity contribution >= 4 is 28.2 Å². The molecule has 0 aromatic carbocycles. The van der Waals surface area contributed by atoms with Crippen LogP contribution in [-0.4, -0.2) is 32.8 Å². The number of nitrogens with one attached hydrogen (secondary N) is 1. The molecule has 1 aliphatic rings. The third-order valence-corrected chi connectivity index (χ3v) is 5.08. The van der Waals surface area contributed by atoms with Crippen LogP contribution in [0.25, 0.3) is 5.57 Å². The molecule has 0 bridgehead atoms. The van der Waals surface area contributed by atoms with Gasteiger partial charge in [0.05, 0.1) is 19.8 Å². The van der Waals surface area contributed by atoms with Gasteiger partial charge in [-0.2, -0.15) is 22.7 Å². The molecule has 21 heavy (non-hydrogen) atoms. The number of rotatable bonds is 5. The van der Waals surface area contributed by atoms with E-state index in [2.05, 4.69) is 39.7 Å². The maximum Gasteiger partial charge on any atom is 0.101 e. The largest absolute Gasteiger partial charge is 1.00 e. The summed E-state index contributed by atoms with van der Waals surface area (Å²) < 4.78 is 5.41. The molecule has 0 spiro atoms. The van der Waals surface area contributed by atoms with Gasteiger partial charge in [-0.1, -0.05) is 6.08 Å². The highest BCUT2D eigenvalue weighted by Crippen LogP contribution is 2.27. The Hall–Kier alpha value is -0.650. The first kappa shape index (κ1) is 16.7. The molecule has 0 saturated carbocycles. The van der Waals surface area contributed by atoms with Crippen molar-refractivity contribution in [1.29, 1.82) is 0 Å². The topological polar surface area (TPSA) is 13.7 Å². The maximum absolute atomic E-state index is 5.41. The minimum Gasteiger partial charge on any atom is -1.00 e. The number of hydrogen-bond acceptors (Lipinski definition) is 3. The molecule has 2 aromatic heterocycles. The minimum atomic E-state index is 0.